The topological polar surface area (TPSA) is 24.1 Å². The Morgan fingerprint density at radius 2 is 1.71 bits per heavy atom. The highest BCUT2D eigenvalue weighted by Gasteiger charge is 2.09. The van der Waals surface area contributed by atoms with Gasteiger partial charge in [0.2, 0.25) is 0 Å². The van der Waals surface area contributed by atoms with Gasteiger partial charge in [0.1, 0.15) is 0 Å². The highest BCUT2D eigenvalue weighted by atomic mass is 35.5. The number of rotatable bonds is 5. The molecule has 0 aliphatic rings. The summed E-state index contributed by atoms with van der Waals surface area (Å²) in [4.78, 5) is 0. The van der Waals surface area contributed by atoms with Crippen molar-refractivity contribution in [1.82, 2.24) is 5.32 Å². The van der Waals surface area contributed by atoms with E-state index in [9.17, 15) is 0 Å². The summed E-state index contributed by atoms with van der Waals surface area (Å²) in [6, 6.07) is 14.7. The molecule has 2 unspecified atom stereocenters. The van der Waals surface area contributed by atoms with Gasteiger partial charge in [-0.2, -0.15) is 0 Å². The van der Waals surface area contributed by atoms with Crippen LogP contribution in [0.25, 0.3) is 0 Å². The van der Waals surface area contributed by atoms with Crippen LogP contribution in [-0.2, 0) is 0 Å². The minimum Gasteiger partial charge on any atom is -0.356 e. The van der Waals surface area contributed by atoms with Gasteiger partial charge in [-0.3, -0.25) is 0 Å². The predicted octanol–water partition coefficient (Wildman–Crippen LogP) is 6.21. The molecule has 2 N–H and O–H groups in total. The smallest absolute Gasteiger partial charge is 0.171 e. The summed E-state index contributed by atoms with van der Waals surface area (Å²) >= 11 is 11.6. The predicted molar refractivity (Wildman–Crippen MR) is 109 cm³/mol. The molecular weight excluding hydrogens is 336 g/mol. The number of hydrogen-bond acceptors (Lipinski definition) is 1. The molecule has 2 aromatic carbocycles. The van der Waals surface area contributed by atoms with Crippen LogP contribution in [0.5, 0.6) is 0 Å². The van der Waals surface area contributed by atoms with Crippen LogP contribution in [0.4, 0.5) is 5.69 Å². The van der Waals surface area contributed by atoms with Crippen molar-refractivity contribution in [3.05, 3.63) is 64.2 Å². The third-order valence-corrected chi connectivity index (χ3v) is 5.02. The second-order valence-electron chi connectivity index (χ2n) is 6.26. The fourth-order valence-electron chi connectivity index (χ4n) is 2.47. The van der Waals surface area contributed by atoms with Crippen LogP contribution in [0, 0.1) is 6.92 Å². The number of anilines is 1. The number of thiocarbonyl (C=S) groups is 1. The highest BCUT2D eigenvalue weighted by molar-refractivity contribution is 7.80. The molecule has 2 rings (SSSR count). The lowest BCUT2D eigenvalue weighted by Gasteiger charge is -2.18. The molecule has 0 aliphatic heterocycles. The summed E-state index contributed by atoms with van der Waals surface area (Å²) in [6.45, 7) is 8.55. The molecule has 2 atom stereocenters. The lowest BCUT2D eigenvalue weighted by molar-refractivity contribution is 0.713. The maximum absolute atomic E-state index is 6.15. The van der Waals surface area contributed by atoms with Crippen LogP contribution < -0.4 is 10.6 Å². The Kier molecular flexibility index (Phi) is 6.64. The molecule has 0 saturated heterocycles. The Morgan fingerprint density at radius 3 is 2.29 bits per heavy atom. The first-order valence-corrected chi connectivity index (χ1v) is 9.12. The summed E-state index contributed by atoms with van der Waals surface area (Å²) < 4.78 is 0. The molecule has 2 nitrogen and oxygen atoms in total. The lowest BCUT2D eigenvalue weighted by atomic mass is 9.96. The molecule has 0 saturated carbocycles. The summed E-state index contributed by atoms with van der Waals surface area (Å²) in [5.74, 6) is 0.594. The first kappa shape index (κ1) is 18.8. The van der Waals surface area contributed by atoms with Gasteiger partial charge in [0, 0.05) is 10.7 Å². The van der Waals surface area contributed by atoms with Gasteiger partial charge < -0.3 is 10.6 Å². The maximum Gasteiger partial charge on any atom is 0.171 e. The van der Waals surface area contributed by atoms with Crippen LogP contribution in [0.2, 0.25) is 5.02 Å². The molecule has 0 bridgehead atoms. The molecule has 0 aromatic heterocycles. The van der Waals surface area contributed by atoms with E-state index >= 15 is 0 Å². The van der Waals surface area contributed by atoms with E-state index in [0.29, 0.717) is 11.0 Å². The van der Waals surface area contributed by atoms with E-state index < -0.39 is 0 Å². The van der Waals surface area contributed by atoms with Crippen LogP contribution >= 0.6 is 23.8 Å². The number of hydrogen-bond donors (Lipinski definition) is 2. The second kappa shape index (κ2) is 8.50. The lowest BCUT2D eigenvalue weighted by Crippen LogP contribution is -2.30. The number of benzene rings is 2. The molecule has 2 aromatic rings. The number of halogens is 1. The first-order valence-electron chi connectivity index (χ1n) is 8.34. The van der Waals surface area contributed by atoms with Gasteiger partial charge in [-0.05, 0) is 67.2 Å². The van der Waals surface area contributed by atoms with E-state index in [0.717, 1.165) is 22.7 Å². The van der Waals surface area contributed by atoms with Crippen molar-refractivity contribution in [3.63, 3.8) is 0 Å². The van der Waals surface area contributed by atoms with Crippen molar-refractivity contribution in [3.8, 4) is 0 Å². The first-order chi connectivity index (χ1) is 11.4. The monoisotopic (exact) mass is 360 g/mol. The van der Waals surface area contributed by atoms with Crippen LogP contribution in [0.15, 0.2) is 42.5 Å². The molecule has 0 aliphatic carbocycles. The average Bonchev–Trinajstić information content (AvgIpc) is 2.57. The van der Waals surface area contributed by atoms with E-state index in [2.05, 4.69) is 55.7 Å². The largest absolute Gasteiger partial charge is 0.356 e. The van der Waals surface area contributed by atoms with Crippen molar-refractivity contribution < 1.29 is 0 Å². The summed E-state index contributed by atoms with van der Waals surface area (Å²) in [7, 11) is 0. The van der Waals surface area contributed by atoms with E-state index in [1.807, 2.05) is 25.1 Å². The van der Waals surface area contributed by atoms with Gasteiger partial charge >= 0.3 is 0 Å². The number of aryl methyl sites for hydroxylation is 1. The molecule has 128 valence electrons. The van der Waals surface area contributed by atoms with Gasteiger partial charge in [0.05, 0.1) is 6.04 Å². The Morgan fingerprint density at radius 1 is 1.08 bits per heavy atom. The Bertz CT molecular complexity index is 697. The van der Waals surface area contributed by atoms with Crippen molar-refractivity contribution in [2.24, 2.45) is 0 Å². The van der Waals surface area contributed by atoms with Crippen LogP contribution in [-0.4, -0.2) is 5.11 Å². The van der Waals surface area contributed by atoms with E-state index in [1.54, 1.807) is 0 Å². The summed E-state index contributed by atoms with van der Waals surface area (Å²) in [5, 5.41) is 7.83. The molecule has 4 heteroatoms. The maximum atomic E-state index is 6.15. The zero-order chi connectivity index (χ0) is 17.7. The normalized spacial score (nSPS) is 13.2. The Hall–Kier alpha value is -1.58. The fraction of sp³-hybridized carbons (Fsp3) is 0.350. The molecule has 0 spiro atoms. The minimum atomic E-state index is 0.136. The van der Waals surface area contributed by atoms with Crippen molar-refractivity contribution in [2.75, 3.05) is 5.32 Å². The standard InChI is InChI=1S/C20H25ClN2S/c1-5-13(2)16-7-9-17(10-8-16)15(4)22-20(24)23-18-11-6-14(3)19(21)12-18/h6-13,15H,5H2,1-4H3,(H2,22,23,24). The Labute approximate surface area is 155 Å². The van der Waals surface area contributed by atoms with Crippen LogP contribution in [0.1, 0.15) is 55.8 Å². The average molecular weight is 361 g/mol. The molecule has 0 heterocycles. The van der Waals surface area contributed by atoms with Gasteiger partial charge in [-0.15, -0.1) is 0 Å². The zero-order valence-electron chi connectivity index (χ0n) is 14.7. The van der Waals surface area contributed by atoms with Gasteiger partial charge in [0.25, 0.3) is 0 Å². The molecule has 24 heavy (non-hydrogen) atoms. The van der Waals surface area contributed by atoms with E-state index in [-0.39, 0.29) is 6.04 Å². The number of nitrogens with one attached hydrogen (secondary N) is 2. The fourth-order valence-corrected chi connectivity index (χ4v) is 2.94. The van der Waals surface area contributed by atoms with Crippen molar-refractivity contribution in [2.45, 2.75) is 46.1 Å². The zero-order valence-corrected chi connectivity index (χ0v) is 16.3. The van der Waals surface area contributed by atoms with E-state index in [1.165, 1.54) is 11.1 Å². The molecule has 0 amide bonds. The van der Waals surface area contributed by atoms with Crippen molar-refractivity contribution in [1.29, 1.82) is 0 Å². The summed E-state index contributed by atoms with van der Waals surface area (Å²) in [5.41, 5.74) is 4.54. The van der Waals surface area contributed by atoms with Gasteiger partial charge in [0.15, 0.2) is 5.11 Å². The van der Waals surface area contributed by atoms with Crippen LogP contribution in [0.3, 0.4) is 0 Å². The SMILES string of the molecule is CCC(C)c1ccc(C(C)NC(=S)Nc2ccc(C)c(Cl)c2)cc1. The molecule has 0 radical (unpaired) electrons. The molecular formula is C20H25ClN2S. The quantitative estimate of drug-likeness (QED) is 0.620. The minimum absolute atomic E-state index is 0.136. The van der Waals surface area contributed by atoms with E-state index in [4.69, 9.17) is 23.8 Å². The summed E-state index contributed by atoms with van der Waals surface area (Å²) in [6.07, 6.45) is 1.15. The van der Waals surface area contributed by atoms with Crippen molar-refractivity contribution >= 4 is 34.6 Å². The third kappa shape index (κ3) is 4.96. The second-order valence-corrected chi connectivity index (χ2v) is 7.08. The highest BCUT2D eigenvalue weighted by Crippen LogP contribution is 2.22. The van der Waals surface area contributed by atoms with Gasteiger partial charge in [-0.25, -0.2) is 0 Å². The van der Waals surface area contributed by atoms with Gasteiger partial charge in [-0.1, -0.05) is 55.8 Å². The third-order valence-electron chi connectivity index (χ3n) is 4.40. The molecule has 0 fully saturated rings. The Balaban J connectivity index is 1.96.